The van der Waals surface area contributed by atoms with E-state index < -0.39 is 5.41 Å². The lowest BCUT2D eigenvalue weighted by atomic mass is 9.72. The molecule has 142 valence electrons. The number of nitrogens with zero attached hydrogens (tertiary/aromatic N) is 2. The predicted octanol–water partition coefficient (Wildman–Crippen LogP) is 3.05. The van der Waals surface area contributed by atoms with Crippen molar-refractivity contribution < 1.29 is 14.3 Å². The Balaban J connectivity index is 1.57. The van der Waals surface area contributed by atoms with Gasteiger partial charge in [-0.25, -0.2) is 0 Å². The van der Waals surface area contributed by atoms with Gasteiger partial charge in [0, 0.05) is 25.0 Å². The molecule has 0 atom stereocenters. The summed E-state index contributed by atoms with van der Waals surface area (Å²) in [6.45, 7) is 1.12. The molecule has 0 N–H and O–H groups in total. The number of methoxy groups -OCH3 is 1. The summed E-state index contributed by atoms with van der Waals surface area (Å²) in [5.41, 5.74) is 1.28. The van der Waals surface area contributed by atoms with Gasteiger partial charge in [0.2, 0.25) is 5.91 Å². The van der Waals surface area contributed by atoms with Crippen LogP contribution in [0.2, 0.25) is 0 Å². The molecular formula is C21H24N2O3S. The Morgan fingerprint density at radius 2 is 1.81 bits per heavy atom. The van der Waals surface area contributed by atoms with E-state index >= 15 is 0 Å². The van der Waals surface area contributed by atoms with Crippen LogP contribution in [0.25, 0.3) is 0 Å². The molecule has 5 nitrogen and oxygen atoms in total. The van der Waals surface area contributed by atoms with Gasteiger partial charge >= 0.3 is 5.97 Å². The Kier molecular flexibility index (Phi) is 6.50. The van der Waals surface area contributed by atoms with E-state index in [1.165, 1.54) is 7.11 Å². The minimum absolute atomic E-state index is 0.113. The molecule has 0 radical (unpaired) electrons. The van der Waals surface area contributed by atoms with E-state index in [0.717, 1.165) is 17.0 Å². The molecule has 0 unspecified atom stereocenters. The van der Waals surface area contributed by atoms with Gasteiger partial charge in [-0.2, -0.15) is 0 Å². The maximum Gasteiger partial charge on any atom is 0.316 e. The van der Waals surface area contributed by atoms with E-state index in [2.05, 4.69) is 4.98 Å². The molecule has 0 bridgehead atoms. The van der Waals surface area contributed by atoms with E-state index in [0.29, 0.717) is 31.7 Å². The molecule has 1 aromatic heterocycles. The number of benzene rings is 1. The highest BCUT2D eigenvalue weighted by Gasteiger charge is 2.44. The van der Waals surface area contributed by atoms with Gasteiger partial charge in [-0.05, 0) is 30.5 Å². The largest absolute Gasteiger partial charge is 0.468 e. The summed E-state index contributed by atoms with van der Waals surface area (Å²) in [6.07, 6.45) is 2.93. The monoisotopic (exact) mass is 384 g/mol. The molecule has 2 heterocycles. The molecule has 0 spiro atoms. The first-order valence-electron chi connectivity index (χ1n) is 9.05. The van der Waals surface area contributed by atoms with Crippen molar-refractivity contribution in [3.8, 4) is 0 Å². The van der Waals surface area contributed by atoms with Crippen LogP contribution in [0.15, 0.2) is 54.7 Å². The van der Waals surface area contributed by atoms with Crippen LogP contribution in [-0.2, 0) is 25.5 Å². The van der Waals surface area contributed by atoms with Crippen molar-refractivity contribution in [3.05, 3.63) is 66.0 Å². The molecule has 1 saturated heterocycles. The number of piperidine rings is 1. The summed E-state index contributed by atoms with van der Waals surface area (Å²) in [5.74, 6) is 1.04. The van der Waals surface area contributed by atoms with Gasteiger partial charge in [-0.15, -0.1) is 11.8 Å². The van der Waals surface area contributed by atoms with E-state index in [4.69, 9.17) is 4.74 Å². The maximum atomic E-state index is 12.6. The molecular weight excluding hydrogens is 360 g/mol. The topological polar surface area (TPSA) is 59.5 Å². The molecule has 6 heteroatoms. The first-order valence-corrected chi connectivity index (χ1v) is 10.2. The van der Waals surface area contributed by atoms with E-state index in [1.54, 1.807) is 18.0 Å². The molecule has 0 saturated carbocycles. The van der Waals surface area contributed by atoms with Crippen molar-refractivity contribution in [3.63, 3.8) is 0 Å². The van der Waals surface area contributed by atoms with Crippen LogP contribution in [-0.4, -0.2) is 47.7 Å². The molecule has 1 amide bonds. The van der Waals surface area contributed by atoms with Gasteiger partial charge in [0.1, 0.15) is 0 Å². The minimum atomic E-state index is -0.659. The van der Waals surface area contributed by atoms with E-state index in [1.807, 2.05) is 53.4 Å². The third kappa shape index (κ3) is 4.50. The third-order valence-electron chi connectivity index (χ3n) is 5.07. The zero-order valence-corrected chi connectivity index (χ0v) is 16.3. The number of esters is 1. The Morgan fingerprint density at radius 3 is 2.44 bits per heavy atom. The second kappa shape index (κ2) is 9.04. The summed E-state index contributed by atoms with van der Waals surface area (Å²) in [4.78, 5) is 31.2. The first-order chi connectivity index (χ1) is 13.2. The fourth-order valence-electron chi connectivity index (χ4n) is 3.52. The third-order valence-corrected chi connectivity index (χ3v) is 6.02. The number of likely N-dealkylation sites (tertiary alicyclic amines) is 1. The smallest absolute Gasteiger partial charge is 0.316 e. The number of ether oxygens (including phenoxy) is 1. The van der Waals surface area contributed by atoms with Crippen LogP contribution in [0.3, 0.4) is 0 Å². The molecule has 1 aliphatic heterocycles. The van der Waals surface area contributed by atoms with Gasteiger partial charge in [-0.1, -0.05) is 36.4 Å². The lowest BCUT2D eigenvalue weighted by Crippen LogP contribution is -2.49. The van der Waals surface area contributed by atoms with Crippen LogP contribution >= 0.6 is 11.8 Å². The average molecular weight is 385 g/mol. The number of carbonyl (C=O) groups is 2. The lowest BCUT2D eigenvalue weighted by molar-refractivity contribution is -0.151. The van der Waals surface area contributed by atoms with Crippen LogP contribution in [0.4, 0.5) is 0 Å². The first kappa shape index (κ1) is 19.4. The summed E-state index contributed by atoms with van der Waals surface area (Å²) in [5, 5.41) is 0. The van der Waals surface area contributed by atoms with Gasteiger partial charge in [0.25, 0.3) is 0 Å². The number of hydrogen-bond acceptors (Lipinski definition) is 5. The molecule has 27 heavy (non-hydrogen) atoms. The molecule has 0 aliphatic carbocycles. The zero-order chi connectivity index (χ0) is 19.1. The van der Waals surface area contributed by atoms with Crippen molar-refractivity contribution in [2.75, 3.05) is 26.0 Å². The Hall–Kier alpha value is -2.34. The normalized spacial score (nSPS) is 16.0. The molecule has 1 fully saturated rings. The average Bonchev–Trinajstić information content (AvgIpc) is 2.74. The number of rotatable bonds is 6. The Bertz CT molecular complexity index is 760. The number of pyridine rings is 1. The molecule has 1 aromatic carbocycles. The van der Waals surface area contributed by atoms with Crippen LogP contribution in [0, 0.1) is 0 Å². The standard InChI is InChI=1S/C21H24N2O3S/c1-26-20(25)21(17-7-3-2-4-8-17)10-13-23(14-11-21)19(24)16-27-15-18-9-5-6-12-22-18/h2-9,12H,10-11,13-16H2,1H3. The van der Waals surface area contributed by atoms with Crippen LogP contribution < -0.4 is 0 Å². The Labute approximate surface area is 164 Å². The van der Waals surface area contributed by atoms with E-state index in [9.17, 15) is 9.59 Å². The highest BCUT2D eigenvalue weighted by atomic mass is 32.2. The summed E-state index contributed by atoms with van der Waals surface area (Å²) in [6, 6.07) is 15.5. The van der Waals surface area contributed by atoms with Crippen molar-refractivity contribution in [1.29, 1.82) is 0 Å². The number of thioether (sulfide) groups is 1. The summed E-state index contributed by atoms with van der Waals surface area (Å²) in [7, 11) is 1.43. The predicted molar refractivity (Wildman–Crippen MR) is 106 cm³/mol. The van der Waals surface area contributed by atoms with Gasteiger partial charge in [0.05, 0.1) is 24.0 Å². The van der Waals surface area contributed by atoms with Crippen molar-refractivity contribution in [1.82, 2.24) is 9.88 Å². The maximum absolute atomic E-state index is 12.6. The lowest BCUT2D eigenvalue weighted by Gasteiger charge is -2.40. The van der Waals surface area contributed by atoms with Gasteiger partial charge in [-0.3, -0.25) is 14.6 Å². The highest BCUT2D eigenvalue weighted by molar-refractivity contribution is 7.99. The SMILES string of the molecule is COC(=O)C1(c2ccccc2)CCN(C(=O)CSCc2ccccn2)CC1. The quantitative estimate of drug-likeness (QED) is 0.717. The van der Waals surface area contributed by atoms with Crippen molar-refractivity contribution in [2.45, 2.75) is 24.0 Å². The minimum Gasteiger partial charge on any atom is -0.468 e. The van der Waals surface area contributed by atoms with Crippen molar-refractivity contribution in [2.24, 2.45) is 0 Å². The van der Waals surface area contributed by atoms with E-state index in [-0.39, 0.29) is 11.9 Å². The van der Waals surface area contributed by atoms with Gasteiger partial charge < -0.3 is 9.64 Å². The second-order valence-corrected chi connectivity index (χ2v) is 7.62. The second-order valence-electron chi connectivity index (χ2n) is 6.63. The Morgan fingerprint density at radius 1 is 1.11 bits per heavy atom. The highest BCUT2D eigenvalue weighted by Crippen LogP contribution is 2.37. The fraction of sp³-hybridized carbons (Fsp3) is 0.381. The number of carbonyl (C=O) groups excluding carboxylic acids is 2. The number of aromatic nitrogens is 1. The van der Waals surface area contributed by atoms with Gasteiger partial charge in [0.15, 0.2) is 0 Å². The van der Waals surface area contributed by atoms with Crippen LogP contribution in [0.5, 0.6) is 0 Å². The molecule has 2 aromatic rings. The molecule has 3 rings (SSSR count). The zero-order valence-electron chi connectivity index (χ0n) is 15.5. The molecule has 1 aliphatic rings. The summed E-state index contributed by atoms with van der Waals surface area (Å²) < 4.78 is 5.10. The summed E-state index contributed by atoms with van der Waals surface area (Å²) >= 11 is 1.57. The number of amides is 1. The number of hydrogen-bond donors (Lipinski definition) is 0. The van der Waals surface area contributed by atoms with Crippen molar-refractivity contribution >= 4 is 23.6 Å². The fourth-order valence-corrected chi connectivity index (χ4v) is 4.36. The van der Waals surface area contributed by atoms with Crippen LogP contribution in [0.1, 0.15) is 24.1 Å².